The van der Waals surface area contributed by atoms with Crippen molar-refractivity contribution in [3.8, 4) is 5.75 Å². The second-order valence-electron chi connectivity index (χ2n) is 9.13. The fraction of sp³-hybridized carbons (Fsp3) is 0.444. The predicted molar refractivity (Wildman–Crippen MR) is 135 cm³/mol. The van der Waals surface area contributed by atoms with Crippen LogP contribution in [0.15, 0.2) is 48.5 Å². The summed E-state index contributed by atoms with van der Waals surface area (Å²) in [6, 6.07) is 11.9. The van der Waals surface area contributed by atoms with Crippen LogP contribution in [-0.2, 0) is 27.2 Å². The highest BCUT2D eigenvalue weighted by Gasteiger charge is 2.27. The largest absolute Gasteiger partial charge is 0.489 e. The van der Waals surface area contributed by atoms with Crippen LogP contribution in [0, 0.1) is 5.82 Å². The van der Waals surface area contributed by atoms with Crippen LogP contribution in [0.25, 0.3) is 0 Å². The number of benzene rings is 2. The molecule has 36 heavy (non-hydrogen) atoms. The molecule has 0 unspecified atom stereocenters. The monoisotopic (exact) mass is 498 g/mol. The second-order valence-corrected chi connectivity index (χ2v) is 9.13. The summed E-state index contributed by atoms with van der Waals surface area (Å²) in [6.45, 7) is 4.45. The molecule has 0 bridgehead atoms. The molecular weight excluding hydrogens is 463 g/mol. The highest BCUT2D eigenvalue weighted by Crippen LogP contribution is 2.21. The van der Waals surface area contributed by atoms with Gasteiger partial charge in [-0.1, -0.05) is 30.3 Å². The zero-order valence-corrected chi connectivity index (χ0v) is 21.1. The molecule has 3 rings (SSSR count). The van der Waals surface area contributed by atoms with E-state index in [9.17, 15) is 18.8 Å². The SMILES string of the molecule is C[C@@H]1CNCC(=O)N(C)[C@H](C)C(=O)N[C@H](Cc2ccc(F)cc2)C(=O)NCCCc2ccccc2O1. The maximum atomic E-state index is 13.4. The van der Waals surface area contributed by atoms with Crippen molar-refractivity contribution in [2.24, 2.45) is 0 Å². The van der Waals surface area contributed by atoms with Crippen LogP contribution in [0.1, 0.15) is 31.4 Å². The summed E-state index contributed by atoms with van der Waals surface area (Å²) in [5.41, 5.74) is 1.74. The molecule has 1 aliphatic rings. The number of fused-ring (bicyclic) bond motifs is 1. The minimum atomic E-state index is -0.873. The van der Waals surface area contributed by atoms with Gasteiger partial charge in [-0.05, 0) is 56.0 Å². The average Bonchev–Trinajstić information content (AvgIpc) is 2.86. The van der Waals surface area contributed by atoms with Gasteiger partial charge >= 0.3 is 0 Å². The summed E-state index contributed by atoms with van der Waals surface area (Å²) in [6.07, 6.45) is 1.41. The number of hydrogen-bond acceptors (Lipinski definition) is 5. The third-order valence-electron chi connectivity index (χ3n) is 6.27. The number of ether oxygens (including phenoxy) is 1. The molecule has 9 heteroatoms. The fourth-order valence-electron chi connectivity index (χ4n) is 3.95. The van der Waals surface area contributed by atoms with Gasteiger partial charge in [-0.15, -0.1) is 0 Å². The number of carbonyl (C=O) groups excluding carboxylic acids is 3. The van der Waals surface area contributed by atoms with Crippen molar-refractivity contribution in [2.45, 2.75) is 51.3 Å². The second kappa shape index (κ2) is 13.0. The van der Waals surface area contributed by atoms with E-state index in [0.29, 0.717) is 31.5 Å². The summed E-state index contributed by atoms with van der Waals surface area (Å²) in [5, 5.41) is 8.78. The number of nitrogens with zero attached hydrogens (tertiary/aromatic N) is 1. The number of likely N-dealkylation sites (N-methyl/N-ethyl adjacent to an activating group) is 1. The molecular formula is C27H35FN4O4. The zero-order chi connectivity index (χ0) is 26.1. The van der Waals surface area contributed by atoms with Crippen LogP contribution in [0.5, 0.6) is 5.75 Å². The van der Waals surface area contributed by atoms with Crippen molar-refractivity contribution in [3.05, 3.63) is 65.5 Å². The number of hydrogen-bond donors (Lipinski definition) is 3. The first kappa shape index (κ1) is 27.1. The maximum absolute atomic E-state index is 13.4. The summed E-state index contributed by atoms with van der Waals surface area (Å²) in [4.78, 5) is 40.0. The van der Waals surface area contributed by atoms with Crippen LogP contribution in [-0.4, -0.2) is 67.5 Å². The average molecular weight is 499 g/mol. The molecule has 0 aliphatic carbocycles. The smallest absolute Gasteiger partial charge is 0.243 e. The first-order valence-electron chi connectivity index (χ1n) is 12.3. The van der Waals surface area contributed by atoms with E-state index in [0.717, 1.165) is 11.3 Å². The van der Waals surface area contributed by atoms with Crippen molar-refractivity contribution in [2.75, 3.05) is 26.7 Å². The molecule has 3 N–H and O–H groups in total. The number of halogens is 1. The fourth-order valence-corrected chi connectivity index (χ4v) is 3.95. The third-order valence-corrected chi connectivity index (χ3v) is 6.27. The molecule has 0 aromatic heterocycles. The van der Waals surface area contributed by atoms with Crippen LogP contribution in [0.2, 0.25) is 0 Å². The van der Waals surface area contributed by atoms with E-state index >= 15 is 0 Å². The molecule has 0 spiro atoms. The Kier molecular flexibility index (Phi) is 9.81. The van der Waals surface area contributed by atoms with E-state index in [4.69, 9.17) is 4.74 Å². The Hall–Kier alpha value is -3.46. The lowest BCUT2D eigenvalue weighted by Gasteiger charge is -2.27. The van der Waals surface area contributed by atoms with Gasteiger partial charge in [0.15, 0.2) is 0 Å². The molecule has 3 amide bonds. The summed E-state index contributed by atoms with van der Waals surface area (Å²) >= 11 is 0. The van der Waals surface area contributed by atoms with Crippen molar-refractivity contribution >= 4 is 17.7 Å². The number of amides is 3. The van der Waals surface area contributed by atoms with Crippen LogP contribution in [0.3, 0.4) is 0 Å². The molecule has 0 saturated carbocycles. The maximum Gasteiger partial charge on any atom is 0.243 e. The molecule has 0 saturated heterocycles. The van der Waals surface area contributed by atoms with Crippen LogP contribution in [0.4, 0.5) is 4.39 Å². The van der Waals surface area contributed by atoms with Crippen LogP contribution >= 0.6 is 0 Å². The number of carbonyl (C=O) groups is 3. The molecule has 3 atom stereocenters. The minimum absolute atomic E-state index is 0.0446. The van der Waals surface area contributed by atoms with E-state index in [1.165, 1.54) is 17.0 Å². The zero-order valence-electron chi connectivity index (χ0n) is 21.1. The minimum Gasteiger partial charge on any atom is -0.489 e. The Morgan fingerprint density at radius 1 is 1.03 bits per heavy atom. The molecule has 2 aromatic carbocycles. The summed E-state index contributed by atoms with van der Waals surface area (Å²) < 4.78 is 19.4. The number of nitrogens with one attached hydrogen (secondary N) is 3. The van der Waals surface area contributed by atoms with Crippen molar-refractivity contribution in [1.82, 2.24) is 20.9 Å². The van der Waals surface area contributed by atoms with E-state index in [1.807, 2.05) is 31.2 Å². The van der Waals surface area contributed by atoms with E-state index in [2.05, 4.69) is 16.0 Å². The van der Waals surface area contributed by atoms with Gasteiger partial charge in [0.05, 0.1) is 6.54 Å². The normalized spacial score (nSPS) is 22.9. The van der Waals surface area contributed by atoms with Gasteiger partial charge in [-0.2, -0.15) is 0 Å². The summed E-state index contributed by atoms with van der Waals surface area (Å²) in [5.74, 6) is -0.642. The van der Waals surface area contributed by atoms with Crippen molar-refractivity contribution < 1.29 is 23.5 Å². The van der Waals surface area contributed by atoms with Gasteiger partial charge in [0, 0.05) is 26.6 Å². The van der Waals surface area contributed by atoms with Gasteiger partial charge in [-0.25, -0.2) is 4.39 Å². The predicted octanol–water partition coefficient (Wildman–Crippen LogP) is 1.82. The molecule has 1 heterocycles. The van der Waals surface area contributed by atoms with Gasteiger partial charge in [0.1, 0.15) is 29.8 Å². The van der Waals surface area contributed by atoms with Gasteiger partial charge in [-0.3, -0.25) is 14.4 Å². The van der Waals surface area contributed by atoms with E-state index < -0.39 is 18.0 Å². The molecule has 0 fully saturated rings. The summed E-state index contributed by atoms with van der Waals surface area (Å²) in [7, 11) is 1.55. The van der Waals surface area contributed by atoms with Crippen molar-refractivity contribution in [1.29, 1.82) is 0 Å². The number of para-hydroxylation sites is 1. The Labute approximate surface area is 211 Å². The van der Waals surface area contributed by atoms with Crippen LogP contribution < -0.4 is 20.7 Å². The quantitative estimate of drug-likeness (QED) is 0.587. The molecule has 1 aliphatic heterocycles. The lowest BCUT2D eigenvalue weighted by atomic mass is 10.0. The van der Waals surface area contributed by atoms with Gasteiger partial charge < -0.3 is 25.6 Å². The van der Waals surface area contributed by atoms with Gasteiger partial charge in [0.25, 0.3) is 0 Å². The van der Waals surface area contributed by atoms with E-state index in [-0.39, 0.29) is 36.7 Å². The number of rotatable bonds is 2. The first-order valence-corrected chi connectivity index (χ1v) is 12.3. The number of aryl methyl sites for hydroxylation is 1. The van der Waals surface area contributed by atoms with E-state index in [1.54, 1.807) is 26.1 Å². The van der Waals surface area contributed by atoms with Gasteiger partial charge in [0.2, 0.25) is 17.7 Å². The third kappa shape index (κ3) is 7.78. The molecule has 8 nitrogen and oxygen atoms in total. The Morgan fingerprint density at radius 3 is 2.50 bits per heavy atom. The molecule has 194 valence electrons. The Morgan fingerprint density at radius 2 is 1.75 bits per heavy atom. The highest BCUT2D eigenvalue weighted by atomic mass is 19.1. The standard InChI is InChI=1S/C27H35FN4O4/c1-18-16-29-17-25(33)32(3)19(2)26(34)31-23(15-20-10-12-22(28)13-11-20)27(35)30-14-6-8-21-7-4-5-9-24(21)36-18/h4-5,7,9-13,18-19,23,29H,6,8,14-17H2,1-3H3,(H,30,35)(H,31,34)/t18-,19-,23-/m1/s1. The van der Waals surface area contributed by atoms with Crippen molar-refractivity contribution in [3.63, 3.8) is 0 Å². The lowest BCUT2D eigenvalue weighted by Crippen LogP contribution is -2.54. The Bertz CT molecular complexity index is 1050. The molecule has 2 aromatic rings. The highest BCUT2D eigenvalue weighted by molar-refractivity contribution is 5.92. The first-order chi connectivity index (χ1) is 17.2. The lowest BCUT2D eigenvalue weighted by molar-refractivity contribution is -0.138. The topological polar surface area (TPSA) is 99.8 Å². The Balaban J connectivity index is 1.79. The molecule has 0 radical (unpaired) electrons.